The minimum atomic E-state index is -5.13. The van der Waals surface area contributed by atoms with Crippen LogP contribution < -0.4 is 4.90 Å². The van der Waals surface area contributed by atoms with Gasteiger partial charge in [0.1, 0.15) is 5.75 Å². The minimum Gasteiger partial charge on any atom is -0.508 e. The first kappa shape index (κ1) is 33.5. The van der Waals surface area contributed by atoms with Crippen LogP contribution in [0.15, 0.2) is 83.9 Å². The van der Waals surface area contributed by atoms with Gasteiger partial charge >= 0.3 is 12.4 Å². The number of anilines is 1. The van der Waals surface area contributed by atoms with Crippen molar-refractivity contribution in [1.82, 2.24) is 0 Å². The van der Waals surface area contributed by atoms with Crippen molar-refractivity contribution in [1.29, 1.82) is 0 Å². The highest BCUT2D eigenvalue weighted by molar-refractivity contribution is 6.22. The van der Waals surface area contributed by atoms with Gasteiger partial charge in [-0.3, -0.25) is 9.59 Å². The lowest BCUT2D eigenvalue weighted by Gasteiger charge is -2.33. The number of phenolic OH excluding ortho intramolecular Hbond substituents is 1. The Labute approximate surface area is 273 Å². The number of ether oxygens (including phenoxy) is 1. The Morgan fingerprint density at radius 3 is 2.10 bits per heavy atom. The van der Waals surface area contributed by atoms with Gasteiger partial charge in [0.15, 0.2) is 0 Å². The van der Waals surface area contributed by atoms with Gasteiger partial charge in [0.05, 0.1) is 41.4 Å². The fourth-order valence-corrected chi connectivity index (χ4v) is 7.29. The summed E-state index contributed by atoms with van der Waals surface area (Å²) in [6.45, 7) is 4.01. The third-order valence-corrected chi connectivity index (χ3v) is 9.53. The average Bonchev–Trinajstić information content (AvgIpc) is 3.56. The minimum absolute atomic E-state index is 0.0205. The van der Waals surface area contributed by atoms with Gasteiger partial charge in [-0.15, -0.1) is 0 Å². The highest BCUT2D eigenvalue weighted by atomic mass is 19.4. The normalized spacial score (nSPS) is 23.3. The molecule has 4 atom stereocenters. The number of rotatable bonds is 7. The highest BCUT2D eigenvalue weighted by Crippen LogP contribution is 2.52. The maximum absolute atomic E-state index is 13.9. The number of hydrogen-bond acceptors (Lipinski definition) is 4. The second-order valence-electron chi connectivity index (χ2n) is 12.8. The van der Waals surface area contributed by atoms with E-state index in [4.69, 9.17) is 4.74 Å². The van der Waals surface area contributed by atoms with Gasteiger partial charge in [-0.1, -0.05) is 68.0 Å². The molecule has 2 aliphatic heterocycles. The van der Waals surface area contributed by atoms with Crippen LogP contribution in [0.3, 0.4) is 0 Å². The maximum Gasteiger partial charge on any atom is 0.416 e. The molecule has 0 unspecified atom stereocenters. The molecule has 11 heteroatoms. The van der Waals surface area contributed by atoms with Crippen LogP contribution in [0.25, 0.3) is 11.6 Å². The number of alkyl halides is 6. The van der Waals surface area contributed by atoms with Crippen molar-refractivity contribution in [2.24, 2.45) is 23.7 Å². The van der Waals surface area contributed by atoms with E-state index in [1.54, 1.807) is 24.3 Å². The number of carbonyl (C=O) groups excluding carboxylic acids is 2. The number of phenols is 1. The monoisotopic (exact) mass is 669 g/mol. The van der Waals surface area contributed by atoms with Crippen LogP contribution in [0.2, 0.25) is 0 Å². The van der Waals surface area contributed by atoms with Crippen LogP contribution in [0.5, 0.6) is 5.75 Å². The van der Waals surface area contributed by atoms with Crippen LogP contribution in [0.4, 0.5) is 32.0 Å². The zero-order valence-corrected chi connectivity index (χ0v) is 26.1. The Kier molecular flexibility index (Phi) is 8.78. The molecule has 2 heterocycles. The van der Waals surface area contributed by atoms with E-state index in [-0.39, 0.29) is 30.8 Å². The number of amides is 2. The summed E-state index contributed by atoms with van der Waals surface area (Å²) in [6, 6.07) is 17.4. The first-order valence-corrected chi connectivity index (χ1v) is 15.7. The fraction of sp³-hybridized carbons (Fsp3) is 0.351. The van der Waals surface area contributed by atoms with Gasteiger partial charge in [0, 0.05) is 5.92 Å². The molecule has 0 radical (unpaired) electrons. The van der Waals surface area contributed by atoms with Gasteiger partial charge in [-0.2, -0.15) is 26.3 Å². The molecule has 0 aromatic heterocycles. The number of fused-ring (bicyclic) bond motifs is 3. The predicted molar refractivity (Wildman–Crippen MR) is 167 cm³/mol. The molecule has 0 saturated carbocycles. The number of allylic oxidation sites excluding steroid dienone is 2. The van der Waals surface area contributed by atoms with Crippen molar-refractivity contribution in [2.45, 2.75) is 51.6 Å². The predicted octanol–water partition coefficient (Wildman–Crippen LogP) is 8.93. The van der Waals surface area contributed by atoms with E-state index >= 15 is 0 Å². The smallest absolute Gasteiger partial charge is 0.416 e. The fourth-order valence-electron chi connectivity index (χ4n) is 7.29. The summed E-state index contributed by atoms with van der Waals surface area (Å²) >= 11 is 0. The first-order valence-electron chi connectivity index (χ1n) is 15.7. The van der Waals surface area contributed by atoms with Crippen molar-refractivity contribution >= 4 is 29.2 Å². The van der Waals surface area contributed by atoms with Gasteiger partial charge in [-0.25, -0.2) is 4.90 Å². The average molecular weight is 670 g/mol. The first-order chi connectivity index (χ1) is 22.6. The van der Waals surface area contributed by atoms with Crippen molar-refractivity contribution in [3.05, 3.63) is 106 Å². The summed E-state index contributed by atoms with van der Waals surface area (Å²) in [5.74, 6) is -3.95. The number of aromatic hydroxyl groups is 1. The number of halogens is 6. The zero-order chi connectivity index (χ0) is 34.5. The van der Waals surface area contributed by atoms with Crippen LogP contribution in [0.1, 0.15) is 55.4 Å². The van der Waals surface area contributed by atoms with E-state index in [0.717, 1.165) is 27.8 Å². The van der Waals surface area contributed by atoms with Gasteiger partial charge in [-0.05, 0) is 77.8 Å². The number of hydrogen-bond donors (Lipinski definition) is 1. The summed E-state index contributed by atoms with van der Waals surface area (Å²) in [5.41, 5.74) is 0.786. The van der Waals surface area contributed by atoms with Crippen LogP contribution in [0, 0.1) is 23.7 Å². The molecule has 48 heavy (non-hydrogen) atoms. The van der Waals surface area contributed by atoms with E-state index in [1.165, 1.54) is 0 Å². The molecule has 1 aliphatic carbocycles. The van der Waals surface area contributed by atoms with Gasteiger partial charge in [0.25, 0.3) is 0 Å². The van der Waals surface area contributed by atoms with Gasteiger partial charge in [0.2, 0.25) is 11.8 Å². The number of benzene rings is 3. The summed E-state index contributed by atoms with van der Waals surface area (Å²) in [7, 11) is 0. The van der Waals surface area contributed by atoms with E-state index in [9.17, 15) is 41.0 Å². The Hall–Kier alpha value is -4.38. The Morgan fingerprint density at radius 2 is 1.52 bits per heavy atom. The molecular formula is C37H33F6NO4. The molecular weight excluding hydrogens is 636 g/mol. The van der Waals surface area contributed by atoms with Crippen molar-refractivity contribution < 1.29 is 45.8 Å². The van der Waals surface area contributed by atoms with Crippen molar-refractivity contribution in [3.63, 3.8) is 0 Å². The van der Waals surface area contributed by atoms with Crippen molar-refractivity contribution in [3.8, 4) is 5.75 Å². The molecule has 0 spiro atoms. The summed E-state index contributed by atoms with van der Waals surface area (Å²) in [6.07, 6.45) is -7.36. The third kappa shape index (κ3) is 6.40. The summed E-state index contributed by atoms with van der Waals surface area (Å²) < 4.78 is 88.2. The molecule has 1 N–H and O–H groups in total. The number of carbonyl (C=O) groups is 2. The molecule has 2 fully saturated rings. The van der Waals surface area contributed by atoms with E-state index in [0.29, 0.717) is 29.9 Å². The largest absolute Gasteiger partial charge is 0.508 e. The van der Waals surface area contributed by atoms with Crippen LogP contribution in [-0.4, -0.2) is 29.6 Å². The summed E-state index contributed by atoms with van der Waals surface area (Å²) in [4.78, 5) is 28.2. The zero-order valence-electron chi connectivity index (χ0n) is 26.1. The van der Waals surface area contributed by atoms with Crippen molar-refractivity contribution in [2.75, 3.05) is 11.5 Å². The molecule has 2 amide bonds. The maximum atomic E-state index is 13.9. The standard InChI is InChI=1S/C37H33F6NO4/c1-20(2)28-18-29-33(35(47)44(34(29)46)26-16-24(36(38,39)40)15-25(17-26)37(41,42)43)30-19-48-31(32(28)30)13-10-23(22-6-4-3-5-7-22)14-21-8-11-27(45)12-9-21/h3-9,11-12,14-17,20,29-31,33,45H,10,13,18-19H2,1-2H3/b23-14-/t29-,30+,31-,33-/m1/s1. The Morgan fingerprint density at radius 1 is 0.896 bits per heavy atom. The highest BCUT2D eigenvalue weighted by Gasteiger charge is 2.58. The lowest BCUT2D eigenvalue weighted by atomic mass is 9.67. The molecule has 6 rings (SSSR count). The van der Waals surface area contributed by atoms with E-state index in [1.807, 2.05) is 50.3 Å². The molecule has 3 aliphatic rings. The summed E-state index contributed by atoms with van der Waals surface area (Å²) in [5, 5.41) is 9.72. The van der Waals surface area contributed by atoms with E-state index < -0.39 is 64.8 Å². The molecule has 0 bridgehead atoms. The molecule has 2 saturated heterocycles. The second kappa shape index (κ2) is 12.6. The molecule has 3 aromatic rings. The van der Waals surface area contributed by atoms with Crippen LogP contribution >= 0.6 is 0 Å². The lowest BCUT2D eigenvalue weighted by molar-refractivity contribution is -0.143. The second-order valence-corrected chi connectivity index (χ2v) is 12.8. The lowest BCUT2D eigenvalue weighted by Crippen LogP contribution is -2.35. The third-order valence-electron chi connectivity index (χ3n) is 9.53. The number of nitrogens with zero attached hydrogens (tertiary/aromatic N) is 1. The Balaban J connectivity index is 1.31. The van der Waals surface area contributed by atoms with E-state index in [2.05, 4.69) is 0 Å². The Bertz CT molecular complexity index is 1740. The molecule has 252 valence electrons. The topological polar surface area (TPSA) is 66.8 Å². The molecule has 5 nitrogen and oxygen atoms in total. The SMILES string of the molecule is CC(C)C1=C2[C@@H](CC/C(=C/c3ccc(O)cc3)c3ccccc3)OC[C@@H]2[C@@H]2C(=O)N(c3cc(C(F)(F)F)cc(C(F)(F)F)c3)C(=O)[C@@H]2C1. The van der Waals surface area contributed by atoms with Gasteiger partial charge < -0.3 is 9.84 Å². The molecule has 3 aromatic carbocycles. The number of imide groups is 1. The van der Waals surface area contributed by atoms with Crippen LogP contribution in [-0.2, 0) is 26.7 Å². The quantitative estimate of drug-likeness (QED) is 0.118.